The largest absolute Gasteiger partial charge is 0.382 e. The van der Waals surface area contributed by atoms with Gasteiger partial charge in [0.1, 0.15) is 10.7 Å². The number of thiazole rings is 1. The quantitative estimate of drug-likeness (QED) is 0.749. The van der Waals surface area contributed by atoms with Crippen LogP contribution in [0.15, 0.2) is 0 Å². The third-order valence-electron chi connectivity index (χ3n) is 3.17. The molecule has 2 rings (SSSR count). The summed E-state index contributed by atoms with van der Waals surface area (Å²) in [4.78, 5) is 16.8. The van der Waals surface area contributed by atoms with Crippen LogP contribution in [0.25, 0.3) is 0 Å². The standard InChI is InChI=1S/C13H22N4OS/c1-4-5-8-6-9(8)16-12(18)10-11(14)17-13(19-10)15-7(2)3/h7-9H,4-6,14H2,1-3H3,(H,15,17)(H,16,18). The highest BCUT2D eigenvalue weighted by molar-refractivity contribution is 7.18. The maximum Gasteiger partial charge on any atom is 0.265 e. The SMILES string of the molecule is CCCC1CC1NC(=O)c1sc(NC(C)C)nc1N. The summed E-state index contributed by atoms with van der Waals surface area (Å²) in [5.74, 6) is 0.880. The third-order valence-corrected chi connectivity index (χ3v) is 4.17. The summed E-state index contributed by atoms with van der Waals surface area (Å²) in [6, 6.07) is 0.606. The Labute approximate surface area is 118 Å². The first kappa shape index (κ1) is 14.1. The van der Waals surface area contributed by atoms with Crippen LogP contribution in [-0.4, -0.2) is 23.0 Å². The average Bonchev–Trinajstić information content (AvgIpc) is 2.92. The Balaban J connectivity index is 1.94. The Morgan fingerprint density at radius 1 is 1.58 bits per heavy atom. The van der Waals surface area contributed by atoms with Crippen LogP contribution < -0.4 is 16.4 Å². The van der Waals surface area contributed by atoms with Crippen LogP contribution in [0.4, 0.5) is 10.9 Å². The topological polar surface area (TPSA) is 80.0 Å². The maximum atomic E-state index is 12.1. The minimum Gasteiger partial charge on any atom is -0.382 e. The molecule has 2 unspecified atom stereocenters. The number of rotatable bonds is 6. The fourth-order valence-electron chi connectivity index (χ4n) is 2.15. The normalized spacial score (nSPS) is 21.5. The highest BCUT2D eigenvalue weighted by atomic mass is 32.1. The van der Waals surface area contributed by atoms with E-state index in [1.807, 2.05) is 13.8 Å². The Kier molecular flexibility index (Phi) is 4.29. The van der Waals surface area contributed by atoms with Crippen molar-refractivity contribution < 1.29 is 4.79 Å². The molecule has 1 heterocycles. The summed E-state index contributed by atoms with van der Waals surface area (Å²) in [7, 11) is 0. The first-order valence-corrected chi connectivity index (χ1v) is 7.66. The average molecular weight is 282 g/mol. The van der Waals surface area contributed by atoms with Gasteiger partial charge in [0.15, 0.2) is 5.13 Å². The van der Waals surface area contributed by atoms with Gasteiger partial charge in [0, 0.05) is 12.1 Å². The lowest BCUT2D eigenvalue weighted by molar-refractivity contribution is 0.0953. The summed E-state index contributed by atoms with van der Waals surface area (Å²) in [5.41, 5.74) is 5.81. The monoisotopic (exact) mass is 282 g/mol. The van der Waals surface area contributed by atoms with Gasteiger partial charge in [0.05, 0.1) is 0 Å². The van der Waals surface area contributed by atoms with Crippen LogP contribution in [0.1, 0.15) is 49.7 Å². The predicted octanol–water partition coefficient (Wildman–Crippen LogP) is 2.46. The second-order valence-corrected chi connectivity index (χ2v) is 6.40. The highest BCUT2D eigenvalue weighted by Crippen LogP contribution is 2.35. The number of hydrogen-bond acceptors (Lipinski definition) is 5. The van der Waals surface area contributed by atoms with Crippen LogP contribution in [0.2, 0.25) is 0 Å². The molecule has 1 aromatic heterocycles. The molecule has 1 aliphatic carbocycles. The number of nitrogens with two attached hydrogens (primary N) is 1. The van der Waals surface area contributed by atoms with Gasteiger partial charge in [-0.2, -0.15) is 0 Å². The molecule has 6 heteroatoms. The van der Waals surface area contributed by atoms with Crippen molar-refractivity contribution in [1.82, 2.24) is 10.3 Å². The minimum absolute atomic E-state index is 0.0876. The van der Waals surface area contributed by atoms with Gasteiger partial charge in [-0.15, -0.1) is 0 Å². The summed E-state index contributed by atoms with van der Waals surface area (Å²) in [6.07, 6.45) is 3.45. The number of nitrogen functional groups attached to an aromatic ring is 1. The van der Waals surface area contributed by atoms with Crippen molar-refractivity contribution in [2.45, 2.75) is 52.1 Å². The molecule has 1 aromatic rings. The smallest absolute Gasteiger partial charge is 0.265 e. The van der Waals surface area contributed by atoms with E-state index in [-0.39, 0.29) is 11.9 Å². The molecular formula is C13H22N4OS. The summed E-state index contributed by atoms with van der Waals surface area (Å²) in [6.45, 7) is 6.22. The molecule has 5 nitrogen and oxygen atoms in total. The second kappa shape index (κ2) is 5.77. The molecule has 19 heavy (non-hydrogen) atoms. The summed E-state index contributed by atoms with van der Waals surface area (Å²) in [5, 5.41) is 6.91. The molecule has 0 aliphatic heterocycles. The number of hydrogen-bond donors (Lipinski definition) is 3. The van der Waals surface area contributed by atoms with Crippen molar-refractivity contribution in [3.63, 3.8) is 0 Å². The van der Waals surface area contributed by atoms with Crippen molar-refractivity contribution in [2.24, 2.45) is 5.92 Å². The zero-order chi connectivity index (χ0) is 14.0. The Hall–Kier alpha value is -1.30. The number of amides is 1. The van der Waals surface area contributed by atoms with Crippen LogP contribution in [0.3, 0.4) is 0 Å². The van der Waals surface area contributed by atoms with Crippen LogP contribution >= 0.6 is 11.3 Å². The van der Waals surface area contributed by atoms with E-state index in [0.717, 1.165) is 6.42 Å². The van der Waals surface area contributed by atoms with Crippen molar-refractivity contribution in [2.75, 3.05) is 11.1 Å². The molecule has 1 saturated carbocycles. The van der Waals surface area contributed by atoms with Gasteiger partial charge < -0.3 is 16.4 Å². The van der Waals surface area contributed by atoms with Gasteiger partial charge in [0.2, 0.25) is 0 Å². The summed E-state index contributed by atoms with van der Waals surface area (Å²) < 4.78 is 0. The second-order valence-electron chi connectivity index (χ2n) is 5.40. The molecule has 0 radical (unpaired) electrons. The van der Waals surface area contributed by atoms with E-state index >= 15 is 0 Å². The van der Waals surface area contributed by atoms with E-state index in [0.29, 0.717) is 27.8 Å². The van der Waals surface area contributed by atoms with Crippen LogP contribution in [-0.2, 0) is 0 Å². The Bertz CT molecular complexity index is 457. The first-order valence-electron chi connectivity index (χ1n) is 6.85. The zero-order valence-corrected chi connectivity index (χ0v) is 12.5. The van der Waals surface area contributed by atoms with Crippen molar-refractivity contribution >= 4 is 28.2 Å². The number of carbonyl (C=O) groups excluding carboxylic acids is 1. The molecule has 1 fully saturated rings. The molecule has 4 N–H and O–H groups in total. The van der Waals surface area contributed by atoms with Gasteiger partial charge in [-0.1, -0.05) is 24.7 Å². The molecule has 0 spiro atoms. The first-order chi connectivity index (χ1) is 9.01. The van der Waals surface area contributed by atoms with Gasteiger partial charge in [-0.05, 0) is 32.6 Å². The fraction of sp³-hybridized carbons (Fsp3) is 0.692. The third kappa shape index (κ3) is 3.59. The fourth-order valence-corrected chi connectivity index (χ4v) is 3.09. The molecule has 0 bridgehead atoms. The highest BCUT2D eigenvalue weighted by Gasteiger charge is 2.37. The van der Waals surface area contributed by atoms with Crippen molar-refractivity contribution in [1.29, 1.82) is 0 Å². The van der Waals surface area contributed by atoms with Gasteiger partial charge in [-0.25, -0.2) is 4.98 Å². The molecule has 2 atom stereocenters. The molecule has 1 amide bonds. The lowest BCUT2D eigenvalue weighted by Gasteiger charge is -2.04. The number of carbonyl (C=O) groups is 1. The van der Waals surface area contributed by atoms with E-state index in [9.17, 15) is 4.79 Å². The minimum atomic E-state index is -0.0876. The van der Waals surface area contributed by atoms with Crippen LogP contribution in [0.5, 0.6) is 0 Å². The predicted molar refractivity (Wildman–Crippen MR) is 79.6 cm³/mol. The molecule has 1 aliphatic rings. The molecule has 106 valence electrons. The zero-order valence-electron chi connectivity index (χ0n) is 11.7. The van der Waals surface area contributed by atoms with Crippen molar-refractivity contribution in [3.8, 4) is 0 Å². The van der Waals surface area contributed by atoms with E-state index in [4.69, 9.17) is 5.73 Å². The van der Waals surface area contributed by atoms with Gasteiger partial charge in [0.25, 0.3) is 5.91 Å². The molecule has 0 aromatic carbocycles. The lowest BCUT2D eigenvalue weighted by atomic mass is 10.2. The lowest BCUT2D eigenvalue weighted by Crippen LogP contribution is -2.26. The molecular weight excluding hydrogens is 260 g/mol. The number of nitrogens with zero attached hydrogens (tertiary/aromatic N) is 1. The number of anilines is 2. The van der Waals surface area contributed by atoms with Gasteiger partial charge in [-0.3, -0.25) is 4.79 Å². The van der Waals surface area contributed by atoms with E-state index in [2.05, 4.69) is 22.5 Å². The number of nitrogens with one attached hydrogen (secondary N) is 2. The maximum absolute atomic E-state index is 12.1. The summed E-state index contributed by atoms with van der Waals surface area (Å²) >= 11 is 1.32. The van der Waals surface area contributed by atoms with Gasteiger partial charge >= 0.3 is 0 Å². The van der Waals surface area contributed by atoms with E-state index < -0.39 is 0 Å². The Morgan fingerprint density at radius 3 is 2.95 bits per heavy atom. The Morgan fingerprint density at radius 2 is 2.32 bits per heavy atom. The van der Waals surface area contributed by atoms with E-state index in [1.54, 1.807) is 0 Å². The van der Waals surface area contributed by atoms with Crippen molar-refractivity contribution in [3.05, 3.63) is 4.88 Å². The van der Waals surface area contributed by atoms with E-state index in [1.165, 1.54) is 24.2 Å². The van der Waals surface area contributed by atoms with Crippen LogP contribution in [0, 0.1) is 5.92 Å². The molecule has 0 saturated heterocycles. The number of aromatic nitrogens is 1.